The molecule has 2 aromatic carbocycles. The second-order valence-electron chi connectivity index (χ2n) is 6.07. The number of carbonyl (C=O) groups excluding carboxylic acids is 1. The molecule has 0 spiro atoms. The van der Waals surface area contributed by atoms with Crippen molar-refractivity contribution in [2.75, 3.05) is 11.1 Å². The van der Waals surface area contributed by atoms with E-state index in [4.69, 9.17) is 0 Å². The van der Waals surface area contributed by atoms with E-state index in [1.165, 1.54) is 11.8 Å². The van der Waals surface area contributed by atoms with Gasteiger partial charge in [-0.25, -0.2) is 4.98 Å². The molecule has 0 saturated heterocycles. The molecule has 1 N–H and O–H groups in total. The second-order valence-corrected chi connectivity index (χ2v) is 7.02. The first-order valence-corrected chi connectivity index (χ1v) is 9.56. The molecule has 0 aliphatic carbocycles. The molecule has 5 nitrogen and oxygen atoms in total. The van der Waals surface area contributed by atoms with Crippen molar-refractivity contribution in [3.8, 4) is 0 Å². The highest BCUT2D eigenvalue weighted by atomic mass is 32.2. The van der Waals surface area contributed by atoms with Crippen LogP contribution in [0.5, 0.6) is 0 Å². The molecule has 26 heavy (non-hydrogen) atoms. The molecule has 3 aromatic rings. The number of thioether (sulfide) groups is 1. The third kappa shape index (κ3) is 4.14. The van der Waals surface area contributed by atoms with E-state index < -0.39 is 0 Å². The number of amides is 1. The van der Waals surface area contributed by atoms with Gasteiger partial charge in [-0.3, -0.25) is 14.2 Å². The number of benzene rings is 2. The number of anilines is 1. The Morgan fingerprint density at radius 1 is 1.19 bits per heavy atom. The van der Waals surface area contributed by atoms with Gasteiger partial charge in [-0.1, -0.05) is 43.0 Å². The Hall–Kier alpha value is -2.60. The smallest absolute Gasteiger partial charge is 0.262 e. The van der Waals surface area contributed by atoms with Gasteiger partial charge >= 0.3 is 0 Å². The minimum absolute atomic E-state index is 0.0564. The summed E-state index contributed by atoms with van der Waals surface area (Å²) in [6.45, 7) is 4.58. The highest BCUT2D eigenvalue weighted by molar-refractivity contribution is 7.99. The van der Waals surface area contributed by atoms with Gasteiger partial charge in [-0.2, -0.15) is 0 Å². The topological polar surface area (TPSA) is 64.0 Å². The SMILES string of the molecule is CCCn1c(SCC(=O)Nc2cccc(C)c2)nc2ccccc2c1=O. The van der Waals surface area contributed by atoms with E-state index in [1.54, 1.807) is 10.6 Å². The van der Waals surface area contributed by atoms with E-state index in [2.05, 4.69) is 10.3 Å². The minimum atomic E-state index is -0.119. The number of fused-ring (bicyclic) bond motifs is 1. The fourth-order valence-electron chi connectivity index (χ4n) is 2.73. The number of nitrogens with one attached hydrogen (secondary N) is 1. The molecule has 0 bridgehead atoms. The fourth-order valence-corrected chi connectivity index (χ4v) is 3.55. The maximum Gasteiger partial charge on any atom is 0.262 e. The molecule has 6 heteroatoms. The Morgan fingerprint density at radius 3 is 2.77 bits per heavy atom. The first-order chi connectivity index (χ1) is 12.6. The number of carbonyl (C=O) groups is 1. The lowest BCUT2D eigenvalue weighted by molar-refractivity contribution is -0.113. The summed E-state index contributed by atoms with van der Waals surface area (Å²) in [5.41, 5.74) is 2.46. The van der Waals surface area contributed by atoms with E-state index in [0.29, 0.717) is 22.6 Å². The van der Waals surface area contributed by atoms with Crippen LogP contribution in [0.3, 0.4) is 0 Å². The summed E-state index contributed by atoms with van der Waals surface area (Å²) in [5, 5.41) is 4.07. The van der Waals surface area contributed by atoms with Crippen molar-refractivity contribution in [2.24, 2.45) is 0 Å². The molecule has 3 rings (SSSR count). The maximum absolute atomic E-state index is 12.7. The summed E-state index contributed by atoms with van der Waals surface area (Å²) in [7, 11) is 0. The molecule has 0 aliphatic rings. The summed E-state index contributed by atoms with van der Waals surface area (Å²) in [6.07, 6.45) is 0.822. The Bertz CT molecular complexity index is 998. The van der Waals surface area contributed by atoms with Crippen LogP contribution >= 0.6 is 11.8 Å². The van der Waals surface area contributed by atoms with Gasteiger partial charge in [0.1, 0.15) is 0 Å². The normalized spacial score (nSPS) is 10.8. The molecule has 1 amide bonds. The van der Waals surface area contributed by atoms with Gasteiger partial charge in [0.05, 0.1) is 16.7 Å². The van der Waals surface area contributed by atoms with E-state index in [1.807, 2.05) is 56.3 Å². The van der Waals surface area contributed by atoms with Crippen molar-refractivity contribution in [3.63, 3.8) is 0 Å². The van der Waals surface area contributed by atoms with Gasteiger partial charge in [-0.05, 0) is 43.2 Å². The van der Waals surface area contributed by atoms with Gasteiger partial charge in [0.2, 0.25) is 5.91 Å². The second kappa shape index (κ2) is 8.19. The van der Waals surface area contributed by atoms with Gasteiger partial charge in [-0.15, -0.1) is 0 Å². The number of rotatable bonds is 6. The van der Waals surface area contributed by atoms with Crippen LogP contribution in [0.4, 0.5) is 5.69 Å². The first kappa shape index (κ1) is 18.2. The summed E-state index contributed by atoms with van der Waals surface area (Å²) in [4.78, 5) is 29.6. The number of nitrogens with zero attached hydrogens (tertiary/aromatic N) is 2. The Balaban J connectivity index is 1.80. The summed E-state index contributed by atoms with van der Waals surface area (Å²) >= 11 is 1.29. The van der Waals surface area contributed by atoms with Crippen molar-refractivity contribution in [2.45, 2.75) is 32.0 Å². The largest absolute Gasteiger partial charge is 0.325 e. The number of hydrogen-bond acceptors (Lipinski definition) is 4. The zero-order valence-electron chi connectivity index (χ0n) is 14.9. The fraction of sp³-hybridized carbons (Fsp3) is 0.250. The van der Waals surface area contributed by atoms with Crippen molar-refractivity contribution >= 4 is 34.3 Å². The standard InChI is InChI=1S/C20H21N3O2S/c1-3-11-23-19(25)16-9-4-5-10-17(16)22-20(23)26-13-18(24)21-15-8-6-7-14(2)12-15/h4-10,12H,3,11,13H2,1-2H3,(H,21,24). The van der Waals surface area contributed by atoms with Crippen LogP contribution in [-0.4, -0.2) is 21.2 Å². The summed E-state index contributed by atoms with van der Waals surface area (Å²) in [5.74, 6) is 0.0775. The molecule has 0 saturated carbocycles. The van der Waals surface area contributed by atoms with Gasteiger partial charge in [0.15, 0.2) is 5.16 Å². The van der Waals surface area contributed by atoms with Gasteiger partial charge < -0.3 is 5.32 Å². The average molecular weight is 367 g/mol. The molecule has 134 valence electrons. The zero-order valence-corrected chi connectivity index (χ0v) is 15.7. The lowest BCUT2D eigenvalue weighted by Gasteiger charge is -2.12. The van der Waals surface area contributed by atoms with Crippen LogP contribution in [-0.2, 0) is 11.3 Å². The number of para-hydroxylation sites is 1. The average Bonchev–Trinajstić information content (AvgIpc) is 2.63. The summed E-state index contributed by atoms with van der Waals surface area (Å²) < 4.78 is 1.66. The van der Waals surface area contributed by atoms with Crippen molar-refractivity contribution in [3.05, 3.63) is 64.4 Å². The molecular formula is C20H21N3O2S. The van der Waals surface area contributed by atoms with Crippen LogP contribution in [0.25, 0.3) is 10.9 Å². The Labute approximate surface area is 156 Å². The number of hydrogen-bond donors (Lipinski definition) is 1. The first-order valence-electron chi connectivity index (χ1n) is 8.57. The highest BCUT2D eigenvalue weighted by Gasteiger charge is 2.12. The predicted octanol–water partition coefficient (Wildman–Crippen LogP) is 3.85. The van der Waals surface area contributed by atoms with Crippen molar-refractivity contribution in [1.82, 2.24) is 9.55 Å². The van der Waals surface area contributed by atoms with Crippen LogP contribution in [0, 0.1) is 6.92 Å². The minimum Gasteiger partial charge on any atom is -0.325 e. The van der Waals surface area contributed by atoms with Gasteiger partial charge in [0.25, 0.3) is 5.56 Å². The zero-order chi connectivity index (χ0) is 18.5. The van der Waals surface area contributed by atoms with Crippen molar-refractivity contribution < 1.29 is 4.79 Å². The van der Waals surface area contributed by atoms with Crippen molar-refractivity contribution in [1.29, 1.82) is 0 Å². The quantitative estimate of drug-likeness (QED) is 0.531. The molecule has 0 aliphatic heterocycles. The van der Waals surface area contributed by atoms with Crippen LogP contribution < -0.4 is 10.9 Å². The molecular weight excluding hydrogens is 346 g/mol. The molecule has 0 radical (unpaired) electrons. The lowest BCUT2D eigenvalue weighted by atomic mass is 10.2. The van der Waals surface area contributed by atoms with Crippen LogP contribution in [0.1, 0.15) is 18.9 Å². The number of aromatic nitrogens is 2. The van der Waals surface area contributed by atoms with E-state index in [-0.39, 0.29) is 17.2 Å². The van der Waals surface area contributed by atoms with E-state index >= 15 is 0 Å². The molecule has 1 aromatic heterocycles. The van der Waals surface area contributed by atoms with E-state index in [9.17, 15) is 9.59 Å². The predicted molar refractivity (Wildman–Crippen MR) is 107 cm³/mol. The highest BCUT2D eigenvalue weighted by Crippen LogP contribution is 2.19. The molecule has 0 unspecified atom stereocenters. The molecule has 0 atom stereocenters. The van der Waals surface area contributed by atoms with E-state index in [0.717, 1.165) is 17.7 Å². The monoisotopic (exact) mass is 367 g/mol. The van der Waals surface area contributed by atoms with Gasteiger partial charge in [0, 0.05) is 12.2 Å². The third-order valence-corrected chi connectivity index (χ3v) is 4.88. The maximum atomic E-state index is 12.7. The Morgan fingerprint density at radius 2 is 2.00 bits per heavy atom. The molecule has 0 fully saturated rings. The lowest BCUT2D eigenvalue weighted by Crippen LogP contribution is -2.24. The van der Waals surface area contributed by atoms with Crippen LogP contribution in [0.15, 0.2) is 58.5 Å². The Kier molecular flexibility index (Phi) is 5.73. The summed E-state index contributed by atoms with van der Waals surface area (Å²) in [6, 6.07) is 15.0. The number of aryl methyl sites for hydroxylation is 1. The van der Waals surface area contributed by atoms with Crippen LogP contribution in [0.2, 0.25) is 0 Å². The molecule has 1 heterocycles. The third-order valence-electron chi connectivity index (χ3n) is 3.91.